The van der Waals surface area contributed by atoms with Gasteiger partial charge in [0.05, 0.1) is 12.0 Å². The first-order valence-electron chi connectivity index (χ1n) is 10.2. The van der Waals surface area contributed by atoms with E-state index >= 15 is 0 Å². The lowest BCUT2D eigenvalue weighted by Gasteiger charge is -2.37. The van der Waals surface area contributed by atoms with Gasteiger partial charge in [-0.05, 0) is 37.1 Å². The summed E-state index contributed by atoms with van der Waals surface area (Å²) in [5.74, 6) is 0.317. The van der Waals surface area contributed by atoms with E-state index in [1.807, 2.05) is 24.3 Å². The van der Waals surface area contributed by atoms with Gasteiger partial charge in [0.25, 0.3) is 0 Å². The summed E-state index contributed by atoms with van der Waals surface area (Å²) in [6.45, 7) is 2.46. The number of ketones is 1. The highest BCUT2D eigenvalue weighted by atomic mass is 16.5. The Morgan fingerprint density at radius 1 is 1.23 bits per heavy atom. The molecule has 2 aromatic rings. The van der Waals surface area contributed by atoms with Gasteiger partial charge in [0.1, 0.15) is 17.4 Å². The van der Waals surface area contributed by atoms with Crippen LogP contribution in [0, 0.1) is 0 Å². The Morgan fingerprint density at radius 2 is 2.07 bits per heavy atom. The first kappa shape index (κ1) is 20.1. The lowest BCUT2D eigenvalue weighted by molar-refractivity contribution is -0.139. The number of rotatable bonds is 4. The molecule has 2 aliphatic heterocycles. The second-order valence-electron chi connectivity index (χ2n) is 7.97. The maximum atomic E-state index is 12.8. The molecular weight excluding hydrogens is 382 g/mol. The van der Waals surface area contributed by atoms with E-state index < -0.39 is 11.6 Å². The Labute approximate surface area is 175 Å². The molecule has 1 saturated heterocycles. The molecule has 156 valence electrons. The zero-order chi connectivity index (χ0) is 21.1. The predicted molar refractivity (Wildman–Crippen MR) is 110 cm³/mol. The van der Waals surface area contributed by atoms with Gasteiger partial charge < -0.3 is 15.0 Å². The Kier molecular flexibility index (Phi) is 5.53. The summed E-state index contributed by atoms with van der Waals surface area (Å²) in [5.41, 5.74) is 0.799. The number of carbonyl (C=O) groups excluding carboxylic acids is 3. The molecule has 0 bridgehead atoms. The van der Waals surface area contributed by atoms with Gasteiger partial charge in [0.2, 0.25) is 11.8 Å². The van der Waals surface area contributed by atoms with Gasteiger partial charge in [-0.15, -0.1) is 0 Å². The van der Waals surface area contributed by atoms with Crippen molar-refractivity contribution in [1.82, 2.24) is 15.2 Å². The number of benzene rings is 1. The lowest BCUT2D eigenvalue weighted by Crippen LogP contribution is -2.48. The van der Waals surface area contributed by atoms with Crippen LogP contribution >= 0.6 is 0 Å². The van der Waals surface area contributed by atoms with Crippen molar-refractivity contribution in [2.45, 2.75) is 50.8 Å². The van der Waals surface area contributed by atoms with Crippen LogP contribution in [0.1, 0.15) is 48.5 Å². The van der Waals surface area contributed by atoms with Crippen LogP contribution < -0.4 is 10.1 Å². The lowest BCUT2D eigenvalue weighted by atomic mass is 9.84. The maximum absolute atomic E-state index is 12.8. The summed E-state index contributed by atoms with van der Waals surface area (Å²) in [7, 11) is 0. The number of likely N-dealkylation sites (tertiary alicyclic amines) is 1. The zero-order valence-corrected chi connectivity index (χ0v) is 17.0. The number of amides is 2. The van der Waals surface area contributed by atoms with Crippen LogP contribution in [-0.2, 0) is 16.1 Å². The molecule has 1 aromatic carbocycles. The van der Waals surface area contributed by atoms with Crippen molar-refractivity contribution >= 4 is 17.6 Å². The van der Waals surface area contributed by atoms with Crippen molar-refractivity contribution in [1.29, 1.82) is 0 Å². The highest BCUT2D eigenvalue weighted by molar-refractivity contribution is 6.00. The van der Waals surface area contributed by atoms with Crippen LogP contribution in [0.4, 0.5) is 0 Å². The average Bonchev–Trinajstić information content (AvgIpc) is 2.91. The van der Waals surface area contributed by atoms with Gasteiger partial charge in [0, 0.05) is 38.3 Å². The van der Waals surface area contributed by atoms with Crippen molar-refractivity contribution in [2.24, 2.45) is 0 Å². The molecule has 0 aliphatic carbocycles. The molecule has 30 heavy (non-hydrogen) atoms. The summed E-state index contributed by atoms with van der Waals surface area (Å²) < 4.78 is 6.25. The first-order valence-corrected chi connectivity index (χ1v) is 10.2. The average molecular weight is 407 g/mol. The highest BCUT2D eigenvalue weighted by Gasteiger charge is 2.44. The Morgan fingerprint density at radius 3 is 2.87 bits per heavy atom. The van der Waals surface area contributed by atoms with E-state index in [1.54, 1.807) is 36.4 Å². The number of nitrogens with zero attached hydrogens (tertiary/aromatic N) is 2. The summed E-state index contributed by atoms with van der Waals surface area (Å²) in [6.07, 6.45) is 4.85. The molecule has 1 fully saturated rings. The van der Waals surface area contributed by atoms with Crippen LogP contribution in [0.25, 0.3) is 0 Å². The van der Waals surface area contributed by atoms with Crippen LogP contribution in [0.15, 0.2) is 48.8 Å². The van der Waals surface area contributed by atoms with Crippen molar-refractivity contribution in [2.75, 3.05) is 6.54 Å². The fourth-order valence-electron chi connectivity index (χ4n) is 4.17. The van der Waals surface area contributed by atoms with E-state index in [2.05, 4.69) is 10.3 Å². The van der Waals surface area contributed by atoms with Crippen LogP contribution in [0.5, 0.6) is 5.75 Å². The number of ether oxygens (including phenoxy) is 1. The molecule has 0 saturated carbocycles. The van der Waals surface area contributed by atoms with Gasteiger partial charge in [-0.1, -0.05) is 18.2 Å². The zero-order valence-electron chi connectivity index (χ0n) is 17.0. The summed E-state index contributed by atoms with van der Waals surface area (Å²) >= 11 is 0. The van der Waals surface area contributed by atoms with Gasteiger partial charge in [0.15, 0.2) is 5.78 Å². The molecule has 0 radical (unpaired) electrons. The third kappa shape index (κ3) is 4.06. The minimum atomic E-state index is -0.693. The molecule has 2 aliphatic rings. The minimum absolute atomic E-state index is 0.0417. The van der Waals surface area contributed by atoms with E-state index in [-0.39, 0.29) is 30.4 Å². The van der Waals surface area contributed by atoms with E-state index in [4.69, 9.17) is 4.74 Å². The first-order chi connectivity index (χ1) is 14.5. The molecule has 7 heteroatoms. The third-order valence-corrected chi connectivity index (χ3v) is 5.96. The van der Waals surface area contributed by atoms with Crippen molar-refractivity contribution in [3.8, 4) is 5.75 Å². The molecule has 1 N–H and O–H groups in total. The fraction of sp³-hybridized carbons (Fsp3) is 0.391. The second kappa shape index (κ2) is 8.26. The number of hydrogen-bond acceptors (Lipinski definition) is 5. The molecule has 1 spiro atoms. The van der Waals surface area contributed by atoms with Gasteiger partial charge in [-0.2, -0.15) is 0 Å². The molecule has 1 aromatic heterocycles. The van der Waals surface area contributed by atoms with Gasteiger partial charge in [-0.3, -0.25) is 19.4 Å². The van der Waals surface area contributed by atoms with E-state index in [0.717, 1.165) is 5.56 Å². The summed E-state index contributed by atoms with van der Waals surface area (Å²) in [6, 6.07) is 10.3. The number of para-hydroxylation sites is 1. The molecule has 4 rings (SSSR count). The molecule has 2 atom stereocenters. The SMILES string of the molecule is C[C@H](C(=O)NCc1cccnc1)N1CC[C@@]2(CCC1=O)CC(=O)c1ccccc1O2. The minimum Gasteiger partial charge on any atom is -0.486 e. The molecule has 0 unspecified atom stereocenters. The molecule has 3 heterocycles. The second-order valence-corrected chi connectivity index (χ2v) is 7.97. The van der Waals surface area contributed by atoms with E-state index in [9.17, 15) is 14.4 Å². The van der Waals surface area contributed by atoms with Gasteiger partial charge in [-0.25, -0.2) is 0 Å². The predicted octanol–water partition coefficient (Wildman–Crippen LogP) is 2.50. The summed E-state index contributed by atoms with van der Waals surface area (Å²) in [5, 5.41) is 2.87. The smallest absolute Gasteiger partial charge is 0.242 e. The van der Waals surface area contributed by atoms with Crippen molar-refractivity contribution < 1.29 is 19.1 Å². The Hall–Kier alpha value is -3.22. The maximum Gasteiger partial charge on any atom is 0.242 e. The topological polar surface area (TPSA) is 88.6 Å². The fourth-order valence-corrected chi connectivity index (χ4v) is 4.17. The Balaban J connectivity index is 1.42. The third-order valence-electron chi connectivity index (χ3n) is 5.96. The highest BCUT2D eigenvalue weighted by Crippen LogP contribution is 2.39. The molecular formula is C23H25N3O4. The van der Waals surface area contributed by atoms with Crippen molar-refractivity contribution in [3.05, 3.63) is 59.9 Å². The Bertz CT molecular complexity index is 962. The molecule has 7 nitrogen and oxygen atoms in total. The number of nitrogens with one attached hydrogen (secondary N) is 1. The summed E-state index contributed by atoms with van der Waals surface area (Å²) in [4.78, 5) is 43.7. The van der Waals surface area contributed by atoms with Crippen molar-refractivity contribution in [3.63, 3.8) is 0 Å². The van der Waals surface area contributed by atoms with Crippen LogP contribution in [0.3, 0.4) is 0 Å². The number of Topliss-reactive ketones (excluding diaryl/α,β-unsaturated/α-hetero) is 1. The standard InChI is InChI=1S/C23H25N3O4/c1-16(22(29)25-15-17-5-4-11-24-14-17)26-12-10-23(9-8-21(26)28)13-19(27)18-6-2-3-7-20(18)30-23/h2-7,11,14,16H,8-10,12-13,15H2,1H3,(H,25,29)/t16-,23+/m1/s1. The van der Waals surface area contributed by atoms with E-state index in [0.29, 0.717) is 37.2 Å². The number of aromatic nitrogens is 1. The quantitative estimate of drug-likeness (QED) is 0.841. The number of hydrogen-bond donors (Lipinski definition) is 1. The van der Waals surface area contributed by atoms with Crippen LogP contribution in [-0.4, -0.2) is 45.7 Å². The van der Waals surface area contributed by atoms with E-state index in [1.165, 1.54) is 0 Å². The largest absolute Gasteiger partial charge is 0.486 e. The van der Waals surface area contributed by atoms with Crippen LogP contribution in [0.2, 0.25) is 0 Å². The normalized spacial score (nSPS) is 22.1. The molecule has 2 amide bonds. The number of carbonyl (C=O) groups is 3. The number of fused-ring (bicyclic) bond motifs is 1. The number of pyridine rings is 1. The van der Waals surface area contributed by atoms with Gasteiger partial charge >= 0.3 is 0 Å². The monoisotopic (exact) mass is 407 g/mol.